The van der Waals surface area contributed by atoms with Crippen molar-refractivity contribution in [2.75, 3.05) is 31.2 Å². The third kappa shape index (κ3) is 2.30. The molecule has 0 unspecified atom stereocenters. The molecule has 1 aromatic carbocycles. The first kappa shape index (κ1) is 10.5. The molecule has 79 valence electrons. The maximum Gasteiger partial charge on any atom is 0.150 e. The second kappa shape index (κ2) is 4.64. The maximum atomic E-state index is 10.5. The van der Waals surface area contributed by atoms with Gasteiger partial charge in [0.2, 0.25) is 0 Å². The van der Waals surface area contributed by atoms with E-state index < -0.39 is 0 Å². The molecule has 0 saturated carbocycles. The van der Waals surface area contributed by atoms with Gasteiger partial charge in [0.05, 0.1) is 23.9 Å². The molecule has 0 aromatic heterocycles. The Morgan fingerprint density at radius 2 is 2.20 bits per heavy atom. The second-order valence-electron chi connectivity index (χ2n) is 3.35. The molecule has 1 aliphatic rings. The highest BCUT2D eigenvalue weighted by atomic mass is 35.5. The first-order valence-electron chi connectivity index (χ1n) is 4.80. The van der Waals surface area contributed by atoms with Gasteiger partial charge in [-0.3, -0.25) is 4.79 Å². The summed E-state index contributed by atoms with van der Waals surface area (Å²) in [5, 5.41) is 0.571. The largest absolute Gasteiger partial charge is 0.378 e. The Morgan fingerprint density at radius 1 is 1.47 bits per heavy atom. The van der Waals surface area contributed by atoms with Crippen LogP contribution in [0.2, 0.25) is 5.02 Å². The molecule has 1 radical (unpaired) electrons. The van der Waals surface area contributed by atoms with Crippen LogP contribution in [0.5, 0.6) is 0 Å². The Labute approximate surface area is 93.6 Å². The number of carbonyl (C=O) groups excluding carboxylic acids is 1. The summed E-state index contributed by atoms with van der Waals surface area (Å²) in [6.45, 7) is 3.05. The van der Waals surface area contributed by atoms with Crippen molar-refractivity contribution < 1.29 is 9.53 Å². The van der Waals surface area contributed by atoms with E-state index in [9.17, 15) is 4.79 Å². The first-order chi connectivity index (χ1) is 7.31. The topological polar surface area (TPSA) is 29.5 Å². The van der Waals surface area contributed by atoms with E-state index in [0.29, 0.717) is 23.8 Å². The number of carbonyl (C=O) groups is 1. The Hall–Kier alpha value is -1.06. The molecule has 1 aliphatic heterocycles. The van der Waals surface area contributed by atoms with Crippen LogP contribution in [0, 0.1) is 6.07 Å². The van der Waals surface area contributed by atoms with Gasteiger partial charge in [0.15, 0.2) is 0 Å². The number of anilines is 1. The molecule has 1 heterocycles. The van der Waals surface area contributed by atoms with Gasteiger partial charge in [0.1, 0.15) is 6.29 Å². The summed E-state index contributed by atoms with van der Waals surface area (Å²) < 4.78 is 5.25. The van der Waals surface area contributed by atoms with Crippen LogP contribution in [0.3, 0.4) is 0 Å². The molecule has 2 rings (SSSR count). The molecule has 0 amide bonds. The fourth-order valence-electron chi connectivity index (χ4n) is 1.57. The van der Waals surface area contributed by atoms with Gasteiger partial charge in [0, 0.05) is 24.7 Å². The van der Waals surface area contributed by atoms with Crippen LogP contribution in [0.1, 0.15) is 10.4 Å². The van der Waals surface area contributed by atoms with Crippen molar-refractivity contribution in [3.05, 3.63) is 28.8 Å². The third-order valence-electron chi connectivity index (χ3n) is 2.36. The van der Waals surface area contributed by atoms with Crippen molar-refractivity contribution in [2.45, 2.75) is 0 Å². The highest BCUT2D eigenvalue weighted by Crippen LogP contribution is 2.26. The number of nitrogens with zero attached hydrogens (tertiary/aromatic N) is 1. The smallest absolute Gasteiger partial charge is 0.150 e. The number of rotatable bonds is 2. The summed E-state index contributed by atoms with van der Waals surface area (Å²) in [6, 6.07) is 6.35. The molecule has 1 aromatic rings. The summed E-state index contributed by atoms with van der Waals surface area (Å²) in [5.74, 6) is 0. The molecular weight excluding hydrogens is 214 g/mol. The summed E-state index contributed by atoms with van der Waals surface area (Å²) >= 11 is 6.07. The van der Waals surface area contributed by atoms with E-state index in [0.717, 1.165) is 25.1 Å². The zero-order valence-corrected chi connectivity index (χ0v) is 8.96. The van der Waals surface area contributed by atoms with E-state index >= 15 is 0 Å². The molecule has 0 bridgehead atoms. The van der Waals surface area contributed by atoms with Gasteiger partial charge < -0.3 is 9.64 Å². The highest BCUT2D eigenvalue weighted by molar-refractivity contribution is 6.33. The SMILES string of the molecule is O=Cc1c[c]c(N2CCOCC2)c(Cl)c1. The van der Waals surface area contributed by atoms with E-state index in [1.165, 1.54) is 0 Å². The van der Waals surface area contributed by atoms with E-state index in [1.54, 1.807) is 12.1 Å². The van der Waals surface area contributed by atoms with Crippen LogP contribution < -0.4 is 4.90 Å². The zero-order chi connectivity index (χ0) is 10.7. The number of hydrogen-bond donors (Lipinski definition) is 0. The second-order valence-corrected chi connectivity index (χ2v) is 3.75. The Morgan fingerprint density at radius 3 is 2.80 bits per heavy atom. The van der Waals surface area contributed by atoms with Gasteiger partial charge in [-0.25, -0.2) is 0 Å². The predicted molar refractivity (Wildman–Crippen MR) is 58.7 cm³/mol. The Kier molecular flexibility index (Phi) is 3.23. The standard InChI is InChI=1S/C11H11ClNO2/c12-10-7-9(8-14)1-2-11(10)13-3-5-15-6-4-13/h1,7-8H,3-6H2. The van der Waals surface area contributed by atoms with Crippen molar-refractivity contribution >= 4 is 23.6 Å². The minimum Gasteiger partial charge on any atom is -0.378 e. The quantitative estimate of drug-likeness (QED) is 0.718. The van der Waals surface area contributed by atoms with Crippen LogP contribution in [0.15, 0.2) is 12.1 Å². The number of aldehydes is 1. The minimum atomic E-state index is 0.553. The van der Waals surface area contributed by atoms with E-state index in [1.807, 2.05) is 0 Å². The Bertz CT molecular complexity index is 362. The van der Waals surface area contributed by atoms with Crippen LogP contribution in [-0.4, -0.2) is 32.6 Å². The molecule has 1 saturated heterocycles. The Balaban J connectivity index is 2.23. The lowest BCUT2D eigenvalue weighted by molar-refractivity contribution is 0.112. The number of morpholine rings is 1. The van der Waals surface area contributed by atoms with Crippen molar-refractivity contribution in [2.24, 2.45) is 0 Å². The highest BCUT2D eigenvalue weighted by Gasteiger charge is 2.14. The van der Waals surface area contributed by atoms with Crippen molar-refractivity contribution in [3.8, 4) is 0 Å². The average molecular weight is 225 g/mol. The van der Waals surface area contributed by atoms with Crippen LogP contribution >= 0.6 is 11.6 Å². The van der Waals surface area contributed by atoms with Gasteiger partial charge in [-0.2, -0.15) is 0 Å². The number of halogens is 1. The van der Waals surface area contributed by atoms with Crippen LogP contribution in [-0.2, 0) is 4.74 Å². The van der Waals surface area contributed by atoms with Crippen molar-refractivity contribution in [3.63, 3.8) is 0 Å². The lowest BCUT2D eigenvalue weighted by Crippen LogP contribution is -2.36. The molecule has 0 atom stereocenters. The summed E-state index contributed by atoms with van der Waals surface area (Å²) in [7, 11) is 0. The number of hydrogen-bond acceptors (Lipinski definition) is 3. The molecule has 3 nitrogen and oxygen atoms in total. The van der Waals surface area contributed by atoms with Gasteiger partial charge >= 0.3 is 0 Å². The molecule has 0 spiro atoms. The van der Waals surface area contributed by atoms with Gasteiger partial charge in [-0.1, -0.05) is 11.6 Å². The summed E-state index contributed by atoms with van der Waals surface area (Å²) in [4.78, 5) is 12.6. The van der Waals surface area contributed by atoms with E-state index in [2.05, 4.69) is 11.0 Å². The normalized spacial score (nSPS) is 16.5. The predicted octanol–water partition coefficient (Wildman–Crippen LogP) is 1.79. The summed E-state index contributed by atoms with van der Waals surface area (Å²) in [6.07, 6.45) is 0.769. The lowest BCUT2D eigenvalue weighted by atomic mass is 10.2. The zero-order valence-electron chi connectivity index (χ0n) is 8.20. The van der Waals surface area contributed by atoms with E-state index in [-0.39, 0.29) is 0 Å². The monoisotopic (exact) mass is 224 g/mol. The molecule has 15 heavy (non-hydrogen) atoms. The molecule has 0 N–H and O–H groups in total. The van der Waals surface area contributed by atoms with E-state index in [4.69, 9.17) is 16.3 Å². The fourth-order valence-corrected chi connectivity index (χ4v) is 1.87. The van der Waals surface area contributed by atoms with Gasteiger partial charge in [-0.05, 0) is 12.1 Å². The number of benzene rings is 1. The van der Waals surface area contributed by atoms with Crippen LogP contribution in [0.4, 0.5) is 5.69 Å². The fraction of sp³-hybridized carbons (Fsp3) is 0.364. The van der Waals surface area contributed by atoms with Crippen molar-refractivity contribution in [1.82, 2.24) is 0 Å². The summed E-state index contributed by atoms with van der Waals surface area (Å²) in [5.41, 5.74) is 1.41. The average Bonchev–Trinajstić information content (AvgIpc) is 2.30. The van der Waals surface area contributed by atoms with Gasteiger partial charge in [0.25, 0.3) is 0 Å². The lowest BCUT2D eigenvalue weighted by Gasteiger charge is -2.29. The molecule has 4 heteroatoms. The maximum absolute atomic E-state index is 10.5. The number of ether oxygens (including phenoxy) is 1. The van der Waals surface area contributed by atoms with Crippen molar-refractivity contribution in [1.29, 1.82) is 0 Å². The molecule has 1 fully saturated rings. The van der Waals surface area contributed by atoms with Crippen LogP contribution in [0.25, 0.3) is 0 Å². The first-order valence-corrected chi connectivity index (χ1v) is 5.18. The van der Waals surface area contributed by atoms with Gasteiger partial charge in [-0.15, -0.1) is 0 Å². The molecular formula is C11H11ClNO2. The molecule has 0 aliphatic carbocycles. The third-order valence-corrected chi connectivity index (χ3v) is 2.65. The minimum absolute atomic E-state index is 0.553.